The molecule has 0 heterocycles. The Morgan fingerprint density at radius 1 is 1.50 bits per heavy atom. The van der Waals surface area contributed by atoms with Crippen molar-refractivity contribution in [1.82, 2.24) is 0 Å². The second kappa shape index (κ2) is 6.59. The molecule has 0 spiro atoms. The third-order valence-electron chi connectivity index (χ3n) is 2.07. The van der Waals surface area contributed by atoms with Gasteiger partial charge in [-0.25, -0.2) is 0 Å². The number of hydrogen-bond donors (Lipinski definition) is 1. The molecular weight excluding hydrogens is 204 g/mol. The maximum Gasteiger partial charge on any atom is 0.224 e. The zero-order chi connectivity index (χ0) is 11.8. The Hall–Kier alpha value is -1.86. The average Bonchev–Trinajstić information content (AvgIpc) is 2.30. The quantitative estimate of drug-likeness (QED) is 0.768. The van der Waals surface area contributed by atoms with E-state index in [0.29, 0.717) is 30.7 Å². The molecule has 0 aliphatic heterocycles. The highest BCUT2D eigenvalue weighted by molar-refractivity contribution is 5.92. The number of nitrogens with one attached hydrogen (secondary N) is 1. The summed E-state index contributed by atoms with van der Waals surface area (Å²) in [5, 5.41) is 11.5. The standard InChI is InChI=1S/C12H14N2O2/c1-16-8-4-7-12(15)14-11-6-3-2-5-10(11)9-13/h2-3,5-6H,4,7-8H2,1H3,(H,14,15). The number of nitriles is 1. The summed E-state index contributed by atoms with van der Waals surface area (Å²) in [5.41, 5.74) is 1.04. The van der Waals surface area contributed by atoms with Crippen LogP contribution in [0.25, 0.3) is 0 Å². The number of rotatable bonds is 5. The number of ether oxygens (including phenoxy) is 1. The molecule has 0 radical (unpaired) electrons. The van der Waals surface area contributed by atoms with Crippen LogP contribution in [0.3, 0.4) is 0 Å². The molecule has 0 bridgehead atoms. The van der Waals surface area contributed by atoms with Gasteiger partial charge < -0.3 is 10.1 Å². The predicted octanol–water partition coefficient (Wildman–Crippen LogP) is 1.92. The first-order chi connectivity index (χ1) is 7.77. The molecule has 4 nitrogen and oxygen atoms in total. The van der Waals surface area contributed by atoms with Crippen LogP contribution < -0.4 is 5.32 Å². The highest BCUT2D eigenvalue weighted by Gasteiger charge is 2.05. The summed E-state index contributed by atoms with van der Waals surface area (Å²) in [6.07, 6.45) is 1.07. The van der Waals surface area contributed by atoms with Gasteiger partial charge in [0.05, 0.1) is 11.3 Å². The third kappa shape index (κ3) is 3.71. The van der Waals surface area contributed by atoms with Crippen molar-refractivity contribution < 1.29 is 9.53 Å². The molecule has 0 fully saturated rings. The molecular formula is C12H14N2O2. The molecule has 1 aromatic carbocycles. The summed E-state index contributed by atoms with van der Waals surface area (Å²) in [4.78, 5) is 11.5. The Labute approximate surface area is 94.8 Å². The summed E-state index contributed by atoms with van der Waals surface area (Å²) in [6, 6.07) is 8.96. The van der Waals surface area contributed by atoms with Gasteiger partial charge in [-0.15, -0.1) is 0 Å². The first-order valence-corrected chi connectivity index (χ1v) is 5.06. The first kappa shape index (κ1) is 12.2. The zero-order valence-corrected chi connectivity index (χ0v) is 9.19. The van der Waals surface area contributed by atoms with E-state index in [9.17, 15) is 4.79 Å². The van der Waals surface area contributed by atoms with Crippen LogP contribution in [-0.4, -0.2) is 19.6 Å². The molecule has 0 saturated carbocycles. The van der Waals surface area contributed by atoms with Gasteiger partial charge >= 0.3 is 0 Å². The molecule has 0 atom stereocenters. The maximum atomic E-state index is 11.5. The number of anilines is 1. The van der Waals surface area contributed by atoms with Crippen LogP contribution in [0.2, 0.25) is 0 Å². The van der Waals surface area contributed by atoms with Crippen molar-refractivity contribution in [3.63, 3.8) is 0 Å². The van der Waals surface area contributed by atoms with Gasteiger partial charge in [0.2, 0.25) is 5.91 Å². The normalized spacial score (nSPS) is 9.50. The van der Waals surface area contributed by atoms with Crippen LogP contribution in [0, 0.1) is 11.3 Å². The van der Waals surface area contributed by atoms with Crippen LogP contribution in [0.15, 0.2) is 24.3 Å². The number of amides is 1. The average molecular weight is 218 g/mol. The van der Waals surface area contributed by atoms with Gasteiger partial charge in [-0.05, 0) is 18.6 Å². The molecule has 0 saturated heterocycles. The van der Waals surface area contributed by atoms with Crippen LogP contribution in [0.1, 0.15) is 18.4 Å². The van der Waals surface area contributed by atoms with Gasteiger partial charge in [0.25, 0.3) is 0 Å². The third-order valence-corrected chi connectivity index (χ3v) is 2.07. The number of methoxy groups -OCH3 is 1. The van der Waals surface area contributed by atoms with Gasteiger partial charge in [0, 0.05) is 20.1 Å². The number of hydrogen-bond acceptors (Lipinski definition) is 3. The second-order valence-electron chi connectivity index (χ2n) is 3.30. The molecule has 0 aliphatic rings. The fourth-order valence-electron chi connectivity index (χ4n) is 1.28. The second-order valence-corrected chi connectivity index (χ2v) is 3.30. The Balaban J connectivity index is 2.53. The lowest BCUT2D eigenvalue weighted by Crippen LogP contribution is -2.12. The van der Waals surface area contributed by atoms with Crippen LogP contribution in [-0.2, 0) is 9.53 Å². The highest BCUT2D eigenvalue weighted by atomic mass is 16.5. The lowest BCUT2D eigenvalue weighted by molar-refractivity contribution is -0.116. The number of carbonyl (C=O) groups is 1. The molecule has 84 valence electrons. The maximum absolute atomic E-state index is 11.5. The first-order valence-electron chi connectivity index (χ1n) is 5.06. The van der Waals surface area contributed by atoms with E-state index in [1.165, 1.54) is 0 Å². The molecule has 0 aromatic heterocycles. The molecule has 1 aromatic rings. The molecule has 1 rings (SSSR count). The Morgan fingerprint density at radius 3 is 2.94 bits per heavy atom. The highest BCUT2D eigenvalue weighted by Crippen LogP contribution is 2.13. The summed E-state index contributed by atoms with van der Waals surface area (Å²) in [6.45, 7) is 0.563. The van der Waals surface area contributed by atoms with Crippen molar-refractivity contribution in [2.75, 3.05) is 19.0 Å². The summed E-state index contributed by atoms with van der Waals surface area (Å²) >= 11 is 0. The lowest BCUT2D eigenvalue weighted by Gasteiger charge is -2.06. The van der Waals surface area contributed by atoms with E-state index in [2.05, 4.69) is 5.32 Å². The van der Waals surface area contributed by atoms with Gasteiger partial charge in [0.1, 0.15) is 6.07 Å². The van der Waals surface area contributed by atoms with E-state index in [4.69, 9.17) is 10.00 Å². The molecule has 0 unspecified atom stereocenters. The number of para-hydroxylation sites is 1. The van der Waals surface area contributed by atoms with Crippen molar-refractivity contribution in [2.45, 2.75) is 12.8 Å². The molecule has 16 heavy (non-hydrogen) atoms. The Morgan fingerprint density at radius 2 is 2.25 bits per heavy atom. The predicted molar refractivity (Wildman–Crippen MR) is 60.9 cm³/mol. The number of carbonyl (C=O) groups excluding carboxylic acids is 1. The van der Waals surface area contributed by atoms with Crippen molar-refractivity contribution >= 4 is 11.6 Å². The Bertz CT molecular complexity index is 396. The van der Waals surface area contributed by atoms with E-state index in [1.807, 2.05) is 6.07 Å². The van der Waals surface area contributed by atoms with Gasteiger partial charge in [-0.2, -0.15) is 5.26 Å². The summed E-state index contributed by atoms with van der Waals surface area (Å²) in [7, 11) is 1.60. The van der Waals surface area contributed by atoms with E-state index >= 15 is 0 Å². The molecule has 1 N–H and O–H groups in total. The van der Waals surface area contributed by atoms with Crippen molar-refractivity contribution in [3.05, 3.63) is 29.8 Å². The molecule has 4 heteroatoms. The van der Waals surface area contributed by atoms with Crippen LogP contribution >= 0.6 is 0 Å². The van der Waals surface area contributed by atoms with Gasteiger partial charge in [-0.3, -0.25) is 4.79 Å². The van der Waals surface area contributed by atoms with Crippen LogP contribution in [0.5, 0.6) is 0 Å². The number of nitrogens with zero attached hydrogens (tertiary/aromatic N) is 1. The minimum atomic E-state index is -0.0975. The smallest absolute Gasteiger partial charge is 0.224 e. The Kier molecular flexibility index (Phi) is 5.03. The number of benzene rings is 1. The monoisotopic (exact) mass is 218 g/mol. The van der Waals surface area contributed by atoms with Crippen molar-refractivity contribution in [1.29, 1.82) is 5.26 Å². The van der Waals surface area contributed by atoms with Crippen molar-refractivity contribution in [3.8, 4) is 6.07 Å². The van der Waals surface area contributed by atoms with E-state index in [0.717, 1.165) is 0 Å². The molecule has 0 aliphatic carbocycles. The van der Waals surface area contributed by atoms with E-state index in [-0.39, 0.29) is 5.91 Å². The minimum Gasteiger partial charge on any atom is -0.385 e. The lowest BCUT2D eigenvalue weighted by atomic mass is 10.2. The summed E-state index contributed by atoms with van der Waals surface area (Å²) < 4.78 is 4.85. The largest absolute Gasteiger partial charge is 0.385 e. The van der Waals surface area contributed by atoms with Gasteiger partial charge in [0.15, 0.2) is 0 Å². The van der Waals surface area contributed by atoms with Crippen LogP contribution in [0.4, 0.5) is 5.69 Å². The fourth-order valence-corrected chi connectivity index (χ4v) is 1.28. The SMILES string of the molecule is COCCCC(=O)Nc1ccccc1C#N. The van der Waals surface area contributed by atoms with Crippen molar-refractivity contribution in [2.24, 2.45) is 0 Å². The molecule has 1 amide bonds. The topological polar surface area (TPSA) is 62.1 Å². The van der Waals surface area contributed by atoms with E-state index < -0.39 is 0 Å². The zero-order valence-electron chi connectivity index (χ0n) is 9.19. The van der Waals surface area contributed by atoms with Gasteiger partial charge in [-0.1, -0.05) is 12.1 Å². The minimum absolute atomic E-state index is 0.0975. The fraction of sp³-hybridized carbons (Fsp3) is 0.333. The summed E-state index contributed by atoms with van der Waals surface area (Å²) in [5.74, 6) is -0.0975. The van der Waals surface area contributed by atoms with E-state index in [1.54, 1.807) is 31.4 Å².